The summed E-state index contributed by atoms with van der Waals surface area (Å²) >= 11 is 0. The molecule has 2 amide bonds. The molecule has 0 spiro atoms. The molecule has 9 heteroatoms. The number of amides is 2. The third kappa shape index (κ3) is 5.49. The van der Waals surface area contributed by atoms with Crippen molar-refractivity contribution in [1.29, 1.82) is 10.5 Å². The van der Waals surface area contributed by atoms with Gasteiger partial charge in [-0.3, -0.25) is 9.59 Å². The van der Waals surface area contributed by atoms with Gasteiger partial charge in [-0.1, -0.05) is 18.2 Å². The van der Waals surface area contributed by atoms with Crippen LogP contribution in [0.3, 0.4) is 0 Å². The average molecular weight is 431 g/mol. The highest BCUT2D eigenvalue weighted by Crippen LogP contribution is 2.23. The Morgan fingerprint density at radius 2 is 1.75 bits per heavy atom. The topological polar surface area (TPSA) is 130 Å². The van der Waals surface area contributed by atoms with Crippen molar-refractivity contribution in [2.75, 3.05) is 6.61 Å². The number of carbonyl (C=O) groups excluding carboxylic acids is 3. The van der Waals surface area contributed by atoms with Crippen molar-refractivity contribution >= 4 is 23.9 Å². The summed E-state index contributed by atoms with van der Waals surface area (Å²) in [5.41, 5.74) is 1.28. The molecule has 0 radical (unpaired) electrons. The molecular formula is C23H17N3O6. The lowest BCUT2D eigenvalue weighted by atomic mass is 10.1. The van der Waals surface area contributed by atoms with E-state index in [2.05, 4.69) is 0 Å². The van der Waals surface area contributed by atoms with Crippen molar-refractivity contribution in [3.63, 3.8) is 0 Å². The minimum Gasteiger partial charge on any atom is -0.482 e. The first kappa shape index (κ1) is 22.1. The van der Waals surface area contributed by atoms with E-state index in [1.54, 1.807) is 55.5 Å². The molecule has 2 aliphatic heterocycles. The van der Waals surface area contributed by atoms with Crippen molar-refractivity contribution in [3.05, 3.63) is 70.7 Å². The van der Waals surface area contributed by atoms with Crippen LogP contribution in [0.1, 0.15) is 25.3 Å². The molecule has 2 heterocycles. The number of ether oxygens (including phenoxy) is 2. The second-order valence-electron chi connectivity index (χ2n) is 6.69. The Bertz CT molecular complexity index is 1130. The summed E-state index contributed by atoms with van der Waals surface area (Å²) in [7, 11) is 0. The van der Waals surface area contributed by atoms with E-state index in [4.69, 9.17) is 24.8 Å². The van der Waals surface area contributed by atoms with Gasteiger partial charge in [-0.2, -0.15) is 10.5 Å². The fourth-order valence-electron chi connectivity index (χ4n) is 2.82. The smallest absolute Gasteiger partial charge is 0.370 e. The lowest BCUT2D eigenvalue weighted by Crippen LogP contribution is -2.33. The van der Waals surface area contributed by atoms with E-state index < -0.39 is 24.4 Å². The second kappa shape index (κ2) is 9.92. The number of allylic oxidation sites excluding steroid dienone is 6. The number of hydrogen-bond donors (Lipinski definition) is 0. The van der Waals surface area contributed by atoms with Crippen molar-refractivity contribution in [2.24, 2.45) is 0 Å². The van der Waals surface area contributed by atoms with Gasteiger partial charge < -0.3 is 14.3 Å². The van der Waals surface area contributed by atoms with Gasteiger partial charge in [0.05, 0.1) is 0 Å². The van der Waals surface area contributed by atoms with Crippen LogP contribution < -0.4 is 4.74 Å². The van der Waals surface area contributed by atoms with Gasteiger partial charge in [0.25, 0.3) is 11.8 Å². The second-order valence-corrected chi connectivity index (χ2v) is 6.69. The van der Waals surface area contributed by atoms with Crippen molar-refractivity contribution in [1.82, 2.24) is 5.06 Å². The number of imide groups is 1. The summed E-state index contributed by atoms with van der Waals surface area (Å²) in [6.45, 7) is 1.26. The summed E-state index contributed by atoms with van der Waals surface area (Å²) in [5, 5.41) is 18.5. The molecule has 160 valence electrons. The van der Waals surface area contributed by atoms with E-state index in [1.165, 1.54) is 0 Å². The molecule has 0 bridgehead atoms. The molecule has 0 aliphatic carbocycles. The summed E-state index contributed by atoms with van der Waals surface area (Å²) in [6.07, 6.45) is 6.73. The highest BCUT2D eigenvalue weighted by Gasteiger charge is 2.32. The Balaban J connectivity index is 1.57. The Hall–Kier alpha value is -4.63. The zero-order valence-corrected chi connectivity index (χ0v) is 17.0. The highest BCUT2D eigenvalue weighted by molar-refractivity contribution is 6.01. The number of hydrogen-bond acceptors (Lipinski definition) is 8. The Morgan fingerprint density at radius 3 is 2.38 bits per heavy atom. The van der Waals surface area contributed by atoms with Crippen LogP contribution in [0, 0.1) is 22.7 Å². The molecule has 1 fully saturated rings. The lowest BCUT2D eigenvalue weighted by Gasteiger charge is -2.13. The maximum Gasteiger partial charge on any atom is 0.370 e. The number of rotatable bonds is 6. The molecule has 1 aromatic carbocycles. The van der Waals surface area contributed by atoms with Crippen LogP contribution >= 0.6 is 0 Å². The van der Waals surface area contributed by atoms with Crippen LogP contribution in [-0.4, -0.2) is 29.5 Å². The SMILES string of the molecule is CC1=CC(=C(C#N)C#N)C=C(/C=C/c2ccc(OCC(=O)ON3C(=O)CCC3=O)cc2)O1. The van der Waals surface area contributed by atoms with Gasteiger partial charge in [0, 0.05) is 18.4 Å². The van der Waals surface area contributed by atoms with E-state index in [0.29, 0.717) is 27.9 Å². The Labute approximate surface area is 183 Å². The molecule has 2 aliphatic rings. The lowest BCUT2D eigenvalue weighted by molar-refractivity contribution is -0.198. The fourth-order valence-corrected chi connectivity index (χ4v) is 2.82. The molecule has 3 rings (SSSR count). The van der Waals surface area contributed by atoms with Crippen molar-refractivity contribution in [3.8, 4) is 17.9 Å². The maximum atomic E-state index is 11.8. The quantitative estimate of drug-likeness (QED) is 0.496. The molecule has 0 N–H and O–H groups in total. The van der Waals surface area contributed by atoms with E-state index >= 15 is 0 Å². The standard InChI is InChI=1S/C23H17N3O6/c1-15-10-17(18(12-24)13-25)11-20(31-15)7-4-16-2-5-19(6-3-16)30-14-23(29)32-26-21(27)8-9-22(26)28/h2-7,10-11H,8-9,14H2,1H3/b7-4+. The monoisotopic (exact) mass is 431 g/mol. The summed E-state index contributed by atoms with van der Waals surface area (Å²) in [6, 6.07) is 10.5. The molecule has 9 nitrogen and oxygen atoms in total. The molecular weight excluding hydrogens is 414 g/mol. The van der Waals surface area contributed by atoms with Gasteiger partial charge in [-0.05, 0) is 42.8 Å². The molecule has 0 unspecified atom stereocenters. The first-order valence-electron chi connectivity index (χ1n) is 9.49. The maximum absolute atomic E-state index is 11.8. The predicted octanol–water partition coefficient (Wildman–Crippen LogP) is 2.85. The average Bonchev–Trinajstić information content (AvgIpc) is 3.09. The third-order valence-corrected chi connectivity index (χ3v) is 4.32. The van der Waals surface area contributed by atoms with Gasteiger partial charge in [0.2, 0.25) is 0 Å². The minimum absolute atomic E-state index is 0.00274. The Kier molecular flexibility index (Phi) is 6.84. The van der Waals surface area contributed by atoms with E-state index in [-0.39, 0.29) is 18.4 Å². The van der Waals surface area contributed by atoms with Gasteiger partial charge >= 0.3 is 5.97 Å². The first-order chi connectivity index (χ1) is 15.4. The number of benzene rings is 1. The van der Waals surface area contributed by atoms with Crippen LogP contribution in [0.2, 0.25) is 0 Å². The summed E-state index contributed by atoms with van der Waals surface area (Å²) in [5.74, 6) is -0.554. The zero-order chi connectivity index (χ0) is 23.1. The highest BCUT2D eigenvalue weighted by atomic mass is 16.7. The molecule has 32 heavy (non-hydrogen) atoms. The number of nitriles is 2. The van der Waals surface area contributed by atoms with Gasteiger partial charge in [-0.25, -0.2) is 4.79 Å². The minimum atomic E-state index is -0.861. The van der Waals surface area contributed by atoms with Crippen LogP contribution in [0.25, 0.3) is 6.08 Å². The van der Waals surface area contributed by atoms with Crippen LogP contribution in [0.15, 0.2) is 65.2 Å². The normalized spacial score (nSPS) is 15.5. The zero-order valence-electron chi connectivity index (χ0n) is 17.0. The molecule has 1 aromatic rings. The molecule has 0 atom stereocenters. The van der Waals surface area contributed by atoms with E-state index in [1.807, 2.05) is 12.1 Å². The largest absolute Gasteiger partial charge is 0.482 e. The summed E-state index contributed by atoms with van der Waals surface area (Å²) in [4.78, 5) is 39.4. The fraction of sp³-hybridized carbons (Fsp3) is 0.174. The van der Waals surface area contributed by atoms with Crippen LogP contribution in [0.5, 0.6) is 5.75 Å². The van der Waals surface area contributed by atoms with Crippen molar-refractivity contribution in [2.45, 2.75) is 19.8 Å². The van der Waals surface area contributed by atoms with E-state index in [0.717, 1.165) is 5.56 Å². The van der Waals surface area contributed by atoms with Crippen LogP contribution in [-0.2, 0) is 24.0 Å². The molecule has 1 saturated heterocycles. The first-order valence-corrected chi connectivity index (χ1v) is 9.49. The van der Waals surface area contributed by atoms with Gasteiger partial charge in [0.15, 0.2) is 6.61 Å². The van der Waals surface area contributed by atoms with E-state index in [9.17, 15) is 14.4 Å². The molecule has 0 saturated carbocycles. The van der Waals surface area contributed by atoms with Gasteiger partial charge in [-0.15, -0.1) is 5.06 Å². The Morgan fingerprint density at radius 1 is 1.09 bits per heavy atom. The van der Waals surface area contributed by atoms with Crippen LogP contribution in [0.4, 0.5) is 0 Å². The molecule has 0 aromatic heterocycles. The number of nitrogens with zero attached hydrogens (tertiary/aromatic N) is 3. The summed E-state index contributed by atoms with van der Waals surface area (Å²) < 4.78 is 10.9. The number of carbonyl (C=O) groups is 3. The van der Waals surface area contributed by atoms with Gasteiger partial charge in [0.1, 0.15) is 35.0 Å². The third-order valence-electron chi connectivity index (χ3n) is 4.32. The predicted molar refractivity (Wildman–Crippen MR) is 109 cm³/mol. The number of hydroxylamine groups is 2. The van der Waals surface area contributed by atoms with Crippen molar-refractivity contribution < 1.29 is 28.7 Å².